The first-order valence-corrected chi connectivity index (χ1v) is 11.2. The van der Waals surface area contributed by atoms with Crippen LogP contribution >= 0.6 is 23.4 Å². The Morgan fingerprint density at radius 1 is 1.03 bits per heavy atom. The zero-order chi connectivity index (χ0) is 24.5. The Kier molecular flexibility index (Phi) is 6.94. The maximum atomic E-state index is 12.8. The molecule has 0 unspecified atom stereocenters. The van der Waals surface area contributed by atoms with Gasteiger partial charge in [0.05, 0.1) is 5.75 Å². The molecule has 0 aliphatic carbocycles. The Labute approximate surface area is 198 Å². The third kappa shape index (κ3) is 5.25. The van der Waals surface area contributed by atoms with Crippen LogP contribution in [0.5, 0.6) is 0 Å². The molecule has 0 radical (unpaired) electrons. The fourth-order valence-electron chi connectivity index (χ4n) is 2.84. The van der Waals surface area contributed by atoms with Crippen LogP contribution in [0, 0.1) is 0 Å². The number of rotatable bonds is 4. The van der Waals surface area contributed by atoms with Crippen LogP contribution in [0.4, 0.5) is 0 Å². The SMILES string of the molecule is Cn1c(=O)c2c(SCC(=O)NNC(=O)c3ccc(Cl)cc3)nc(C(C)(C)C)nc2n(C)c1=O. The van der Waals surface area contributed by atoms with Crippen molar-refractivity contribution in [2.45, 2.75) is 31.2 Å². The number of nitrogens with one attached hydrogen (secondary N) is 2. The van der Waals surface area contributed by atoms with E-state index in [1.807, 2.05) is 20.8 Å². The first kappa shape index (κ1) is 24.5. The van der Waals surface area contributed by atoms with Gasteiger partial charge in [-0.2, -0.15) is 0 Å². The minimum atomic E-state index is -0.549. The van der Waals surface area contributed by atoms with Crippen LogP contribution in [0.3, 0.4) is 0 Å². The summed E-state index contributed by atoms with van der Waals surface area (Å²) in [6.45, 7) is 5.71. The number of carbonyl (C=O) groups excluding carboxylic acids is 2. The van der Waals surface area contributed by atoms with E-state index in [4.69, 9.17) is 11.6 Å². The van der Waals surface area contributed by atoms with Crippen LogP contribution in [0.25, 0.3) is 11.0 Å². The Morgan fingerprint density at radius 2 is 1.67 bits per heavy atom. The smallest absolute Gasteiger partial charge is 0.280 e. The van der Waals surface area contributed by atoms with Crippen LogP contribution in [0.15, 0.2) is 38.9 Å². The number of benzene rings is 1. The zero-order valence-electron chi connectivity index (χ0n) is 18.7. The standard InChI is InChI=1S/C21H23ClN6O4S/c1-21(2,3)19-23-15-14(18(31)28(5)20(32)27(15)4)17(24-19)33-10-13(29)25-26-16(30)11-6-8-12(22)9-7-11/h6-9H,10H2,1-5H3,(H,25,29)(H,26,30). The molecule has 10 nitrogen and oxygen atoms in total. The van der Waals surface area contributed by atoms with E-state index >= 15 is 0 Å². The highest BCUT2D eigenvalue weighted by atomic mass is 35.5. The van der Waals surface area contributed by atoms with Crippen molar-refractivity contribution >= 4 is 46.2 Å². The van der Waals surface area contributed by atoms with Gasteiger partial charge in [-0.3, -0.25) is 34.4 Å². The van der Waals surface area contributed by atoms with E-state index in [-0.39, 0.29) is 21.8 Å². The molecule has 3 rings (SSSR count). The molecule has 2 heterocycles. The number of thioether (sulfide) groups is 1. The topological polar surface area (TPSA) is 128 Å². The lowest BCUT2D eigenvalue weighted by Gasteiger charge is -2.19. The first-order valence-electron chi connectivity index (χ1n) is 9.86. The van der Waals surface area contributed by atoms with Gasteiger partial charge < -0.3 is 0 Å². The van der Waals surface area contributed by atoms with Crippen LogP contribution < -0.4 is 22.1 Å². The van der Waals surface area contributed by atoms with Gasteiger partial charge >= 0.3 is 5.69 Å². The number of hydrogen-bond donors (Lipinski definition) is 2. The van der Waals surface area contributed by atoms with Gasteiger partial charge in [0, 0.05) is 30.1 Å². The highest BCUT2D eigenvalue weighted by Crippen LogP contribution is 2.26. The molecule has 0 bridgehead atoms. The predicted molar refractivity (Wildman–Crippen MR) is 127 cm³/mol. The molecule has 0 fully saturated rings. The number of aryl methyl sites for hydroxylation is 1. The quantitative estimate of drug-likeness (QED) is 0.322. The summed E-state index contributed by atoms with van der Waals surface area (Å²) in [5.74, 6) is -0.718. The van der Waals surface area contributed by atoms with Gasteiger partial charge in [0.15, 0.2) is 5.65 Å². The van der Waals surface area contributed by atoms with Crippen LogP contribution in [0.1, 0.15) is 37.0 Å². The third-order valence-electron chi connectivity index (χ3n) is 4.70. The van der Waals surface area contributed by atoms with Crippen molar-refractivity contribution in [3.63, 3.8) is 0 Å². The summed E-state index contributed by atoms with van der Waals surface area (Å²) in [5, 5.41) is 0.915. The zero-order valence-corrected chi connectivity index (χ0v) is 20.3. The summed E-state index contributed by atoms with van der Waals surface area (Å²) in [6.07, 6.45) is 0. The number of aromatic nitrogens is 4. The van der Waals surface area contributed by atoms with Gasteiger partial charge in [-0.25, -0.2) is 14.8 Å². The molecule has 12 heteroatoms. The number of hydrogen-bond acceptors (Lipinski definition) is 7. The fourth-order valence-corrected chi connectivity index (χ4v) is 3.78. The normalized spacial score (nSPS) is 11.5. The maximum absolute atomic E-state index is 12.8. The largest absolute Gasteiger partial charge is 0.332 e. The van der Waals surface area contributed by atoms with Crippen LogP contribution in [-0.4, -0.2) is 36.7 Å². The minimum Gasteiger partial charge on any atom is -0.280 e. The Morgan fingerprint density at radius 3 is 2.27 bits per heavy atom. The van der Waals surface area contributed by atoms with E-state index in [1.54, 1.807) is 12.1 Å². The summed E-state index contributed by atoms with van der Waals surface area (Å²) in [5.41, 5.74) is 3.66. The van der Waals surface area contributed by atoms with Gasteiger partial charge in [0.25, 0.3) is 11.5 Å². The van der Waals surface area contributed by atoms with Crippen molar-refractivity contribution in [2.75, 3.05) is 5.75 Å². The molecule has 33 heavy (non-hydrogen) atoms. The number of amides is 2. The summed E-state index contributed by atoms with van der Waals surface area (Å²) in [4.78, 5) is 58.6. The third-order valence-corrected chi connectivity index (χ3v) is 5.93. The molecule has 2 amide bonds. The number of hydrazine groups is 1. The number of nitrogens with zero attached hydrogens (tertiary/aromatic N) is 4. The van der Waals surface area contributed by atoms with Crippen molar-refractivity contribution in [1.29, 1.82) is 0 Å². The van der Waals surface area contributed by atoms with E-state index in [2.05, 4.69) is 20.8 Å². The number of halogens is 1. The van der Waals surface area contributed by atoms with Crippen molar-refractivity contribution in [2.24, 2.45) is 14.1 Å². The lowest BCUT2D eigenvalue weighted by molar-refractivity contribution is -0.119. The number of carbonyl (C=O) groups is 2. The Balaban J connectivity index is 1.85. The average molecular weight is 491 g/mol. The average Bonchev–Trinajstić information content (AvgIpc) is 2.77. The maximum Gasteiger partial charge on any atom is 0.332 e. The molecule has 0 spiro atoms. The molecular weight excluding hydrogens is 468 g/mol. The Hall–Kier alpha value is -3.18. The molecule has 0 atom stereocenters. The molecule has 3 aromatic rings. The van der Waals surface area contributed by atoms with E-state index < -0.39 is 28.5 Å². The minimum absolute atomic E-state index is 0.136. The van der Waals surface area contributed by atoms with Crippen molar-refractivity contribution in [3.05, 3.63) is 61.5 Å². The van der Waals surface area contributed by atoms with Gasteiger partial charge in [-0.15, -0.1) is 0 Å². The predicted octanol–water partition coefficient (Wildman–Crippen LogP) is 1.53. The second kappa shape index (κ2) is 9.36. The molecular formula is C21H23ClN6O4S. The molecule has 2 N–H and O–H groups in total. The fraction of sp³-hybridized carbons (Fsp3) is 0.333. The molecule has 1 aromatic carbocycles. The van der Waals surface area contributed by atoms with Gasteiger partial charge in [-0.05, 0) is 24.3 Å². The summed E-state index contributed by atoms with van der Waals surface area (Å²) in [6, 6.07) is 6.18. The van der Waals surface area contributed by atoms with Gasteiger partial charge in [-0.1, -0.05) is 44.1 Å². The summed E-state index contributed by atoms with van der Waals surface area (Å²) < 4.78 is 2.25. The highest BCUT2D eigenvalue weighted by molar-refractivity contribution is 8.00. The summed E-state index contributed by atoms with van der Waals surface area (Å²) >= 11 is 6.82. The number of fused-ring (bicyclic) bond motifs is 1. The van der Waals surface area contributed by atoms with Crippen LogP contribution in [0.2, 0.25) is 5.02 Å². The highest BCUT2D eigenvalue weighted by Gasteiger charge is 2.24. The van der Waals surface area contributed by atoms with Crippen molar-refractivity contribution in [1.82, 2.24) is 30.0 Å². The first-order chi connectivity index (χ1) is 15.4. The van der Waals surface area contributed by atoms with Gasteiger partial charge in [0.2, 0.25) is 5.91 Å². The molecule has 0 aliphatic heterocycles. The molecule has 0 saturated carbocycles. The molecule has 0 aliphatic rings. The molecule has 174 valence electrons. The van der Waals surface area contributed by atoms with Gasteiger partial charge in [0.1, 0.15) is 16.2 Å². The molecule has 0 saturated heterocycles. The second-order valence-corrected chi connectivity index (χ2v) is 9.71. The van der Waals surface area contributed by atoms with Crippen molar-refractivity contribution in [3.8, 4) is 0 Å². The Bertz CT molecular complexity index is 1360. The lowest BCUT2D eigenvalue weighted by Crippen LogP contribution is -2.42. The van der Waals surface area contributed by atoms with Crippen molar-refractivity contribution < 1.29 is 9.59 Å². The van der Waals surface area contributed by atoms with E-state index in [0.29, 0.717) is 16.4 Å². The van der Waals surface area contributed by atoms with E-state index in [0.717, 1.165) is 16.3 Å². The van der Waals surface area contributed by atoms with E-state index in [1.165, 1.54) is 30.8 Å². The summed E-state index contributed by atoms with van der Waals surface area (Å²) in [7, 11) is 2.90. The molecule has 2 aromatic heterocycles. The monoisotopic (exact) mass is 490 g/mol. The lowest BCUT2D eigenvalue weighted by atomic mass is 9.96. The van der Waals surface area contributed by atoms with Crippen LogP contribution in [-0.2, 0) is 24.3 Å². The second-order valence-electron chi connectivity index (χ2n) is 8.30. The van der Waals surface area contributed by atoms with E-state index in [9.17, 15) is 19.2 Å².